The number of ether oxygens (including phenoxy) is 2. The van der Waals surface area contributed by atoms with Gasteiger partial charge < -0.3 is 9.47 Å². The number of anilines is 1. The van der Waals surface area contributed by atoms with Crippen molar-refractivity contribution in [3.05, 3.63) is 68.3 Å². The number of methoxy groups -OCH3 is 1. The molecule has 0 unspecified atom stereocenters. The van der Waals surface area contributed by atoms with Crippen LogP contribution in [0.3, 0.4) is 0 Å². The molecule has 0 aliphatic heterocycles. The van der Waals surface area contributed by atoms with Crippen LogP contribution in [0.1, 0.15) is 30.6 Å². The molecule has 0 heterocycles. The molecule has 1 N–H and O–H groups in total. The molecule has 0 radical (unpaired) electrons. The third-order valence-electron chi connectivity index (χ3n) is 4.29. The molecule has 164 valence electrons. The highest BCUT2D eigenvalue weighted by molar-refractivity contribution is 5.89. The van der Waals surface area contributed by atoms with Gasteiger partial charge in [0.1, 0.15) is 11.4 Å². The van der Waals surface area contributed by atoms with Crippen LogP contribution in [0.4, 0.5) is 17.1 Å². The summed E-state index contributed by atoms with van der Waals surface area (Å²) in [6, 6.07) is 9.77. The van der Waals surface area contributed by atoms with Gasteiger partial charge in [-0.3, -0.25) is 25.7 Å². The molecular weight excluding hydrogens is 408 g/mol. The second-order valence-electron chi connectivity index (χ2n) is 7.19. The van der Waals surface area contributed by atoms with E-state index in [9.17, 15) is 25.0 Å². The predicted octanol–water partition coefficient (Wildman–Crippen LogP) is 4.18. The maximum absolute atomic E-state index is 12.1. The molecule has 2 rings (SSSR count). The Morgan fingerprint density at radius 3 is 2.39 bits per heavy atom. The van der Waals surface area contributed by atoms with Crippen molar-refractivity contribution in [2.24, 2.45) is 10.5 Å². The molecule has 0 saturated carbocycles. The topological polar surface area (TPSA) is 146 Å². The van der Waals surface area contributed by atoms with Crippen LogP contribution in [0.25, 0.3) is 0 Å². The van der Waals surface area contributed by atoms with E-state index in [0.717, 1.165) is 12.1 Å². The minimum absolute atomic E-state index is 0.0218. The fraction of sp³-hybridized carbons (Fsp3) is 0.300. The van der Waals surface area contributed by atoms with Crippen molar-refractivity contribution >= 4 is 29.2 Å². The number of benzene rings is 2. The van der Waals surface area contributed by atoms with Gasteiger partial charge in [0.15, 0.2) is 0 Å². The Bertz CT molecular complexity index is 988. The second kappa shape index (κ2) is 10.1. The molecule has 0 aliphatic rings. The second-order valence-corrected chi connectivity index (χ2v) is 7.19. The summed E-state index contributed by atoms with van der Waals surface area (Å²) in [5, 5.41) is 25.9. The number of nitro groups is 2. The first-order valence-electron chi connectivity index (χ1n) is 9.17. The zero-order chi connectivity index (χ0) is 23.0. The number of hydrazone groups is 1. The number of hydrogen-bond donors (Lipinski definition) is 1. The van der Waals surface area contributed by atoms with Gasteiger partial charge in [0.05, 0.1) is 35.2 Å². The standard InChI is InChI=1S/C20H22N4O7/c1-20(2,10-11-31-19(25)14-4-7-16(30-3)8-5-14)13-21-22-17-9-6-15(23(26)27)12-18(17)24(28)29/h4-9,12-13,22H,10-11H2,1-3H3/b21-13-. The first-order valence-corrected chi connectivity index (χ1v) is 9.17. The van der Waals surface area contributed by atoms with Gasteiger partial charge in [-0.15, -0.1) is 0 Å². The molecule has 0 spiro atoms. The summed E-state index contributed by atoms with van der Waals surface area (Å²) in [7, 11) is 1.53. The molecule has 0 atom stereocenters. The highest BCUT2D eigenvalue weighted by Gasteiger charge is 2.20. The van der Waals surface area contributed by atoms with E-state index in [2.05, 4.69) is 10.5 Å². The van der Waals surface area contributed by atoms with Gasteiger partial charge >= 0.3 is 11.7 Å². The molecule has 31 heavy (non-hydrogen) atoms. The van der Waals surface area contributed by atoms with Gasteiger partial charge in [0.2, 0.25) is 0 Å². The first kappa shape index (κ1) is 23.3. The van der Waals surface area contributed by atoms with E-state index >= 15 is 0 Å². The van der Waals surface area contributed by atoms with E-state index in [1.807, 2.05) is 13.8 Å². The number of non-ortho nitro benzene ring substituents is 1. The van der Waals surface area contributed by atoms with E-state index in [-0.39, 0.29) is 18.0 Å². The zero-order valence-corrected chi connectivity index (χ0v) is 17.2. The van der Waals surface area contributed by atoms with Crippen molar-refractivity contribution in [2.45, 2.75) is 20.3 Å². The summed E-state index contributed by atoms with van der Waals surface area (Å²) in [6.07, 6.45) is 1.97. The number of rotatable bonds is 10. The van der Waals surface area contributed by atoms with E-state index in [4.69, 9.17) is 9.47 Å². The summed E-state index contributed by atoms with van der Waals surface area (Å²) in [4.78, 5) is 32.6. The van der Waals surface area contributed by atoms with Crippen molar-refractivity contribution in [3.63, 3.8) is 0 Å². The smallest absolute Gasteiger partial charge is 0.338 e. The minimum atomic E-state index is -0.728. The van der Waals surface area contributed by atoms with Gasteiger partial charge in [-0.05, 0) is 36.8 Å². The van der Waals surface area contributed by atoms with Crippen molar-refractivity contribution in [1.82, 2.24) is 0 Å². The highest BCUT2D eigenvalue weighted by Crippen LogP contribution is 2.29. The van der Waals surface area contributed by atoms with Crippen LogP contribution >= 0.6 is 0 Å². The van der Waals surface area contributed by atoms with Crippen LogP contribution in [0.2, 0.25) is 0 Å². The normalized spacial score (nSPS) is 11.2. The Labute approximate surface area is 178 Å². The average molecular weight is 430 g/mol. The van der Waals surface area contributed by atoms with Gasteiger partial charge in [0, 0.05) is 17.7 Å². The van der Waals surface area contributed by atoms with Crippen LogP contribution in [-0.4, -0.2) is 35.7 Å². The molecule has 11 heteroatoms. The largest absolute Gasteiger partial charge is 0.497 e. The fourth-order valence-corrected chi connectivity index (χ4v) is 2.44. The Hall–Kier alpha value is -4.02. The first-order chi connectivity index (χ1) is 14.6. The third-order valence-corrected chi connectivity index (χ3v) is 4.29. The summed E-state index contributed by atoms with van der Waals surface area (Å²) in [5.41, 5.74) is 1.62. The van der Waals surface area contributed by atoms with Gasteiger partial charge in [0.25, 0.3) is 5.69 Å². The molecule has 0 fully saturated rings. The molecule has 2 aromatic carbocycles. The predicted molar refractivity (Wildman–Crippen MR) is 114 cm³/mol. The van der Waals surface area contributed by atoms with Crippen LogP contribution in [0.5, 0.6) is 5.75 Å². The maximum Gasteiger partial charge on any atom is 0.338 e. The lowest BCUT2D eigenvalue weighted by Crippen LogP contribution is -2.18. The van der Waals surface area contributed by atoms with Crippen molar-refractivity contribution in [1.29, 1.82) is 0 Å². The van der Waals surface area contributed by atoms with Gasteiger partial charge in [-0.2, -0.15) is 5.10 Å². The number of nitrogens with one attached hydrogen (secondary N) is 1. The summed E-state index contributed by atoms with van der Waals surface area (Å²) >= 11 is 0. The molecule has 0 amide bonds. The lowest BCUT2D eigenvalue weighted by molar-refractivity contribution is -0.393. The highest BCUT2D eigenvalue weighted by atomic mass is 16.6. The molecular formula is C20H22N4O7. The van der Waals surface area contributed by atoms with E-state index in [1.165, 1.54) is 19.4 Å². The van der Waals surface area contributed by atoms with E-state index in [0.29, 0.717) is 17.7 Å². The van der Waals surface area contributed by atoms with Crippen LogP contribution < -0.4 is 10.2 Å². The Morgan fingerprint density at radius 2 is 1.81 bits per heavy atom. The van der Waals surface area contributed by atoms with Crippen LogP contribution in [-0.2, 0) is 4.74 Å². The molecule has 0 saturated heterocycles. The Kier molecular flexibility index (Phi) is 7.61. The van der Waals surface area contributed by atoms with Crippen molar-refractivity contribution in [2.75, 3.05) is 19.1 Å². The average Bonchev–Trinajstić information content (AvgIpc) is 2.73. The summed E-state index contributed by atoms with van der Waals surface area (Å²) in [6.45, 7) is 3.84. The zero-order valence-electron chi connectivity index (χ0n) is 17.2. The van der Waals surface area contributed by atoms with E-state index < -0.39 is 26.9 Å². The Morgan fingerprint density at radius 1 is 1.13 bits per heavy atom. The molecule has 11 nitrogen and oxygen atoms in total. The van der Waals surface area contributed by atoms with Gasteiger partial charge in [-0.25, -0.2) is 4.79 Å². The number of nitro benzene ring substituents is 2. The number of carbonyl (C=O) groups excluding carboxylic acids is 1. The van der Waals surface area contributed by atoms with Crippen LogP contribution in [0, 0.1) is 25.6 Å². The Balaban J connectivity index is 1.92. The SMILES string of the molecule is COc1ccc(C(=O)OCCC(C)(C)/C=N\Nc2ccc([N+](=O)[O-])cc2[N+](=O)[O-])cc1. The number of hydrogen-bond acceptors (Lipinski definition) is 9. The lowest BCUT2D eigenvalue weighted by atomic mass is 9.91. The summed E-state index contributed by atoms with van der Waals surface area (Å²) < 4.78 is 10.3. The van der Waals surface area contributed by atoms with Crippen LogP contribution in [0.15, 0.2) is 47.6 Å². The maximum atomic E-state index is 12.1. The number of esters is 1. The minimum Gasteiger partial charge on any atom is -0.497 e. The number of carbonyl (C=O) groups is 1. The third kappa shape index (κ3) is 6.77. The molecule has 0 aliphatic carbocycles. The fourth-order valence-electron chi connectivity index (χ4n) is 2.44. The molecule has 0 aromatic heterocycles. The lowest BCUT2D eigenvalue weighted by Gasteiger charge is -2.18. The van der Waals surface area contributed by atoms with Crippen molar-refractivity contribution in [3.8, 4) is 5.75 Å². The number of nitrogens with zero attached hydrogens (tertiary/aromatic N) is 3. The molecule has 0 bridgehead atoms. The van der Waals surface area contributed by atoms with E-state index in [1.54, 1.807) is 24.3 Å². The molecule has 2 aromatic rings. The summed E-state index contributed by atoms with van der Waals surface area (Å²) in [5.74, 6) is 0.171. The quantitative estimate of drug-likeness (QED) is 0.255. The van der Waals surface area contributed by atoms with Crippen molar-refractivity contribution < 1.29 is 24.1 Å². The monoisotopic (exact) mass is 430 g/mol. The van der Waals surface area contributed by atoms with Gasteiger partial charge in [-0.1, -0.05) is 13.8 Å².